The molecular weight excluding hydrogens is 458 g/mol. The van der Waals surface area contributed by atoms with Gasteiger partial charge in [-0.2, -0.15) is 0 Å². The Balaban J connectivity index is 0.00000261. The Labute approximate surface area is 177 Å². The van der Waals surface area contributed by atoms with E-state index in [0.717, 1.165) is 43.0 Å². The van der Waals surface area contributed by atoms with Gasteiger partial charge in [0, 0.05) is 39.0 Å². The average Bonchev–Trinajstić information content (AvgIpc) is 2.68. The Kier molecular flexibility index (Phi) is 8.30. The maximum atomic E-state index is 13.1. The number of hydrogen-bond donors (Lipinski definition) is 1. The van der Waals surface area contributed by atoms with Crippen molar-refractivity contribution in [3.8, 4) is 0 Å². The zero-order valence-electron chi connectivity index (χ0n) is 15.5. The topological polar surface area (TPSA) is 54.1 Å². The fourth-order valence-electron chi connectivity index (χ4n) is 3.12. The lowest BCUT2D eigenvalue weighted by Gasteiger charge is -2.36. The molecule has 0 spiro atoms. The minimum atomic E-state index is -0.211. The van der Waals surface area contributed by atoms with E-state index >= 15 is 0 Å². The third kappa shape index (κ3) is 5.80. The van der Waals surface area contributed by atoms with Gasteiger partial charge in [0.1, 0.15) is 5.82 Å². The molecule has 3 rings (SSSR count). The van der Waals surface area contributed by atoms with Crippen LogP contribution in [0.15, 0.2) is 53.5 Å². The second kappa shape index (κ2) is 10.5. The molecule has 1 fully saturated rings. The number of nitrogens with zero attached hydrogens (tertiary/aromatic N) is 3. The van der Waals surface area contributed by atoms with Gasteiger partial charge >= 0.3 is 0 Å². The van der Waals surface area contributed by atoms with Crippen LogP contribution >= 0.6 is 24.0 Å². The van der Waals surface area contributed by atoms with Crippen LogP contribution in [0.3, 0.4) is 0 Å². The van der Waals surface area contributed by atoms with E-state index in [2.05, 4.69) is 20.9 Å². The van der Waals surface area contributed by atoms with E-state index in [0.29, 0.717) is 19.1 Å². The summed E-state index contributed by atoms with van der Waals surface area (Å²) in [6.45, 7) is 4.38. The lowest BCUT2D eigenvalue weighted by Crippen LogP contribution is -2.51. The first-order chi connectivity index (χ1) is 12.7. The molecule has 1 aliphatic rings. The van der Waals surface area contributed by atoms with Gasteiger partial charge in [0.2, 0.25) is 0 Å². The van der Waals surface area contributed by atoms with Crippen LogP contribution in [-0.4, -0.2) is 44.1 Å². The summed E-state index contributed by atoms with van der Waals surface area (Å²) >= 11 is 0. The highest BCUT2D eigenvalue weighted by atomic mass is 127. The minimum Gasteiger partial charge on any atom is -0.380 e. The lowest BCUT2D eigenvalue weighted by molar-refractivity contribution is 0.184. The highest BCUT2D eigenvalue weighted by molar-refractivity contribution is 14.0. The molecule has 0 bridgehead atoms. The molecule has 2 aromatic rings. The van der Waals surface area contributed by atoms with E-state index in [1.807, 2.05) is 30.3 Å². The molecule has 0 unspecified atom stereocenters. The highest BCUT2D eigenvalue weighted by Gasteiger charge is 2.18. The zero-order valence-corrected chi connectivity index (χ0v) is 17.8. The SMILES string of the molecule is COCc1ccccc1CN=C(N)N1CCN(c2ccc(F)cc2)CC1.I. The number of piperazine rings is 1. The summed E-state index contributed by atoms with van der Waals surface area (Å²) in [6.07, 6.45) is 0. The predicted octanol–water partition coefficient (Wildman–Crippen LogP) is 3.23. The normalized spacial score (nSPS) is 14.8. The summed E-state index contributed by atoms with van der Waals surface area (Å²) in [5, 5.41) is 0. The number of ether oxygens (including phenoxy) is 1. The fraction of sp³-hybridized carbons (Fsp3) is 0.350. The molecule has 7 heteroatoms. The number of aliphatic imine (C=N–C) groups is 1. The lowest BCUT2D eigenvalue weighted by atomic mass is 10.1. The second-order valence-corrected chi connectivity index (χ2v) is 6.33. The number of nitrogens with two attached hydrogens (primary N) is 1. The van der Waals surface area contributed by atoms with Crippen LogP contribution in [0.25, 0.3) is 0 Å². The van der Waals surface area contributed by atoms with Crippen LogP contribution in [0.2, 0.25) is 0 Å². The molecule has 0 atom stereocenters. The van der Waals surface area contributed by atoms with Crippen molar-refractivity contribution in [3.63, 3.8) is 0 Å². The molecule has 1 saturated heterocycles. The molecule has 0 aromatic heterocycles. The van der Waals surface area contributed by atoms with E-state index in [-0.39, 0.29) is 29.8 Å². The summed E-state index contributed by atoms with van der Waals surface area (Å²) in [5.74, 6) is 0.355. The van der Waals surface area contributed by atoms with Crippen LogP contribution < -0.4 is 10.6 Å². The fourth-order valence-corrected chi connectivity index (χ4v) is 3.12. The summed E-state index contributed by atoms with van der Waals surface area (Å²) in [5.41, 5.74) is 9.50. The van der Waals surface area contributed by atoms with Crippen molar-refractivity contribution in [2.24, 2.45) is 10.7 Å². The molecule has 0 amide bonds. The van der Waals surface area contributed by atoms with Gasteiger partial charge in [-0.25, -0.2) is 9.38 Å². The van der Waals surface area contributed by atoms with Crippen molar-refractivity contribution in [2.75, 3.05) is 38.2 Å². The van der Waals surface area contributed by atoms with Gasteiger partial charge in [-0.05, 0) is 35.4 Å². The van der Waals surface area contributed by atoms with E-state index < -0.39 is 0 Å². The molecule has 2 N–H and O–H groups in total. The number of guanidine groups is 1. The van der Waals surface area contributed by atoms with Crippen molar-refractivity contribution >= 4 is 35.6 Å². The Morgan fingerprint density at radius 3 is 2.30 bits per heavy atom. The van der Waals surface area contributed by atoms with Crippen LogP contribution in [-0.2, 0) is 17.9 Å². The Morgan fingerprint density at radius 2 is 1.67 bits per heavy atom. The van der Waals surface area contributed by atoms with E-state index in [4.69, 9.17) is 10.5 Å². The first-order valence-corrected chi connectivity index (χ1v) is 8.78. The molecule has 5 nitrogen and oxygen atoms in total. The van der Waals surface area contributed by atoms with Crippen LogP contribution in [0, 0.1) is 5.82 Å². The number of anilines is 1. The summed E-state index contributed by atoms with van der Waals surface area (Å²) in [4.78, 5) is 8.90. The highest BCUT2D eigenvalue weighted by Crippen LogP contribution is 2.17. The minimum absolute atomic E-state index is 0. The van der Waals surface area contributed by atoms with Crippen LogP contribution in [0.5, 0.6) is 0 Å². The smallest absolute Gasteiger partial charge is 0.191 e. The average molecular weight is 484 g/mol. The van der Waals surface area contributed by atoms with E-state index in [9.17, 15) is 4.39 Å². The molecule has 146 valence electrons. The maximum absolute atomic E-state index is 13.1. The standard InChI is InChI=1S/C20H25FN4O.HI/c1-26-15-17-5-3-2-4-16(17)14-23-20(22)25-12-10-24(11-13-25)19-8-6-18(21)7-9-19;/h2-9H,10-15H2,1H3,(H2,22,23);1H. The quantitative estimate of drug-likeness (QED) is 0.403. The number of halogens is 2. The second-order valence-electron chi connectivity index (χ2n) is 6.33. The van der Waals surface area contributed by atoms with Gasteiger partial charge in [0.25, 0.3) is 0 Å². The summed E-state index contributed by atoms with van der Waals surface area (Å²) in [6, 6.07) is 14.7. The van der Waals surface area contributed by atoms with E-state index in [1.165, 1.54) is 12.1 Å². The van der Waals surface area contributed by atoms with Crippen molar-refractivity contribution in [3.05, 3.63) is 65.5 Å². The van der Waals surface area contributed by atoms with Gasteiger partial charge in [0.05, 0.1) is 13.2 Å². The summed E-state index contributed by atoms with van der Waals surface area (Å²) < 4.78 is 18.3. The number of methoxy groups -OCH3 is 1. The Morgan fingerprint density at radius 1 is 1.04 bits per heavy atom. The maximum Gasteiger partial charge on any atom is 0.191 e. The predicted molar refractivity (Wildman–Crippen MR) is 118 cm³/mol. The van der Waals surface area contributed by atoms with Gasteiger partial charge in [-0.1, -0.05) is 24.3 Å². The van der Waals surface area contributed by atoms with Crippen molar-refractivity contribution < 1.29 is 9.13 Å². The molecule has 0 saturated carbocycles. The van der Waals surface area contributed by atoms with Gasteiger partial charge in [-0.3, -0.25) is 0 Å². The largest absolute Gasteiger partial charge is 0.380 e. The third-order valence-corrected chi connectivity index (χ3v) is 4.63. The Bertz CT molecular complexity index is 746. The number of hydrogen-bond acceptors (Lipinski definition) is 3. The van der Waals surface area contributed by atoms with Gasteiger partial charge < -0.3 is 20.3 Å². The molecule has 0 aliphatic carbocycles. The molecule has 2 aromatic carbocycles. The zero-order chi connectivity index (χ0) is 18.4. The van der Waals surface area contributed by atoms with Crippen molar-refractivity contribution in [1.29, 1.82) is 0 Å². The number of benzene rings is 2. The van der Waals surface area contributed by atoms with Gasteiger partial charge in [-0.15, -0.1) is 24.0 Å². The summed E-state index contributed by atoms with van der Waals surface area (Å²) in [7, 11) is 1.69. The molecule has 1 heterocycles. The molecule has 27 heavy (non-hydrogen) atoms. The molecular formula is C20H26FIN4O. The van der Waals surface area contributed by atoms with Crippen LogP contribution in [0.4, 0.5) is 10.1 Å². The monoisotopic (exact) mass is 484 g/mol. The Hall–Kier alpha value is -1.87. The first-order valence-electron chi connectivity index (χ1n) is 8.78. The van der Waals surface area contributed by atoms with Gasteiger partial charge in [0.15, 0.2) is 5.96 Å². The molecule has 1 aliphatic heterocycles. The van der Waals surface area contributed by atoms with Crippen molar-refractivity contribution in [1.82, 2.24) is 4.90 Å². The molecule has 0 radical (unpaired) electrons. The third-order valence-electron chi connectivity index (χ3n) is 4.63. The van der Waals surface area contributed by atoms with Crippen molar-refractivity contribution in [2.45, 2.75) is 13.2 Å². The first kappa shape index (κ1) is 21.4. The van der Waals surface area contributed by atoms with E-state index in [1.54, 1.807) is 7.11 Å². The van der Waals surface area contributed by atoms with Crippen LogP contribution in [0.1, 0.15) is 11.1 Å². The number of rotatable bonds is 5.